The lowest BCUT2D eigenvalue weighted by Crippen LogP contribution is -2.03. The van der Waals surface area contributed by atoms with Crippen LogP contribution in [0.5, 0.6) is 0 Å². The molecule has 5 heteroatoms. The summed E-state index contributed by atoms with van der Waals surface area (Å²) in [7, 11) is 0. The Morgan fingerprint density at radius 3 is 2.64 bits per heavy atom. The van der Waals surface area contributed by atoms with E-state index in [4.69, 9.17) is 21.1 Å². The molecule has 0 amide bonds. The maximum atomic E-state index is 13.6. The first-order valence-electron chi connectivity index (χ1n) is 4.07. The van der Waals surface area contributed by atoms with E-state index in [-0.39, 0.29) is 5.56 Å². The van der Waals surface area contributed by atoms with Crippen LogP contribution in [0.25, 0.3) is 0 Å². The lowest BCUT2D eigenvalue weighted by Gasteiger charge is -2.12. The summed E-state index contributed by atoms with van der Waals surface area (Å²) >= 11 is 8.94. The van der Waals surface area contributed by atoms with Gasteiger partial charge in [-0.15, -0.1) is 0 Å². The molecular formula is C9H7BrClFO2. The van der Waals surface area contributed by atoms with Crippen molar-refractivity contribution in [3.8, 4) is 0 Å². The first-order valence-corrected chi connectivity index (χ1v) is 5.24. The summed E-state index contributed by atoms with van der Waals surface area (Å²) in [6.07, 6.45) is -0.681. The molecule has 1 aromatic rings. The van der Waals surface area contributed by atoms with Crippen LogP contribution in [0.4, 0.5) is 4.39 Å². The molecule has 1 aliphatic rings. The van der Waals surface area contributed by atoms with Crippen LogP contribution in [0, 0.1) is 5.82 Å². The zero-order chi connectivity index (χ0) is 10.1. The third-order valence-electron chi connectivity index (χ3n) is 1.94. The van der Waals surface area contributed by atoms with Gasteiger partial charge in [-0.3, -0.25) is 0 Å². The molecule has 0 atom stereocenters. The van der Waals surface area contributed by atoms with Crippen LogP contribution in [0.1, 0.15) is 11.9 Å². The van der Waals surface area contributed by atoms with Gasteiger partial charge in [0, 0.05) is 0 Å². The lowest BCUT2D eigenvalue weighted by molar-refractivity contribution is -0.0464. The van der Waals surface area contributed by atoms with Crippen molar-refractivity contribution >= 4 is 27.5 Å². The van der Waals surface area contributed by atoms with E-state index in [1.165, 1.54) is 0 Å². The van der Waals surface area contributed by atoms with Crippen molar-refractivity contribution in [3.63, 3.8) is 0 Å². The third kappa shape index (κ3) is 1.80. The minimum Gasteiger partial charge on any atom is -0.346 e. The average molecular weight is 282 g/mol. The maximum Gasteiger partial charge on any atom is 0.188 e. The van der Waals surface area contributed by atoms with E-state index in [1.54, 1.807) is 12.1 Å². The molecule has 76 valence electrons. The molecule has 0 radical (unpaired) electrons. The van der Waals surface area contributed by atoms with Crippen LogP contribution in [0.3, 0.4) is 0 Å². The van der Waals surface area contributed by atoms with Gasteiger partial charge in [-0.25, -0.2) is 4.39 Å². The van der Waals surface area contributed by atoms with Crippen molar-refractivity contribution in [2.75, 3.05) is 13.2 Å². The Hall–Kier alpha value is -0.160. The lowest BCUT2D eigenvalue weighted by atomic mass is 10.2. The second-order valence-electron chi connectivity index (χ2n) is 2.83. The number of benzene rings is 1. The minimum absolute atomic E-state index is 0.263. The van der Waals surface area contributed by atoms with Gasteiger partial charge in [0.05, 0.1) is 28.3 Å². The number of ether oxygens (including phenoxy) is 2. The highest BCUT2D eigenvalue weighted by Crippen LogP contribution is 2.34. The van der Waals surface area contributed by atoms with E-state index in [2.05, 4.69) is 15.9 Å². The van der Waals surface area contributed by atoms with Gasteiger partial charge < -0.3 is 9.47 Å². The molecule has 1 aromatic carbocycles. The number of hydrogen-bond donors (Lipinski definition) is 0. The number of halogens is 3. The zero-order valence-electron chi connectivity index (χ0n) is 7.10. The molecule has 1 aliphatic heterocycles. The molecule has 0 saturated carbocycles. The van der Waals surface area contributed by atoms with Crippen LogP contribution in [-0.2, 0) is 9.47 Å². The second-order valence-corrected chi connectivity index (χ2v) is 4.09. The van der Waals surface area contributed by atoms with Crippen LogP contribution in [0.2, 0.25) is 5.02 Å². The molecule has 14 heavy (non-hydrogen) atoms. The fourth-order valence-corrected chi connectivity index (χ4v) is 1.86. The van der Waals surface area contributed by atoms with Crippen molar-refractivity contribution in [3.05, 3.63) is 33.0 Å². The van der Waals surface area contributed by atoms with Crippen LogP contribution in [0.15, 0.2) is 16.6 Å². The van der Waals surface area contributed by atoms with Crippen LogP contribution < -0.4 is 0 Å². The van der Waals surface area contributed by atoms with Crippen LogP contribution in [-0.4, -0.2) is 13.2 Å². The maximum absolute atomic E-state index is 13.6. The van der Waals surface area contributed by atoms with Gasteiger partial charge in [0.25, 0.3) is 0 Å². The first-order chi connectivity index (χ1) is 6.70. The van der Waals surface area contributed by atoms with Crippen molar-refractivity contribution < 1.29 is 13.9 Å². The Bertz CT molecular complexity index is 353. The Kier molecular flexibility index (Phi) is 3.07. The first kappa shape index (κ1) is 10.4. The number of rotatable bonds is 1. The van der Waals surface area contributed by atoms with Gasteiger partial charge in [0.1, 0.15) is 5.82 Å². The molecule has 1 saturated heterocycles. The smallest absolute Gasteiger partial charge is 0.188 e. The fraction of sp³-hybridized carbons (Fsp3) is 0.333. The summed E-state index contributed by atoms with van der Waals surface area (Å²) in [6.45, 7) is 0.930. The fourth-order valence-electron chi connectivity index (χ4n) is 1.28. The van der Waals surface area contributed by atoms with Crippen molar-refractivity contribution in [2.24, 2.45) is 0 Å². The summed E-state index contributed by atoms with van der Waals surface area (Å²) in [5.41, 5.74) is 0.263. The van der Waals surface area contributed by atoms with E-state index >= 15 is 0 Å². The SMILES string of the molecule is Fc1c(Br)ccc(Cl)c1C1OCCO1. The highest BCUT2D eigenvalue weighted by Gasteiger charge is 2.25. The van der Waals surface area contributed by atoms with Crippen LogP contribution >= 0.6 is 27.5 Å². The normalized spacial score (nSPS) is 17.6. The summed E-state index contributed by atoms with van der Waals surface area (Å²) < 4.78 is 24.4. The van der Waals surface area contributed by atoms with Gasteiger partial charge in [-0.05, 0) is 28.1 Å². The van der Waals surface area contributed by atoms with Crippen molar-refractivity contribution in [2.45, 2.75) is 6.29 Å². The molecule has 0 N–H and O–H groups in total. The monoisotopic (exact) mass is 280 g/mol. The topological polar surface area (TPSA) is 18.5 Å². The van der Waals surface area contributed by atoms with Crippen molar-refractivity contribution in [1.82, 2.24) is 0 Å². The Balaban J connectivity index is 2.44. The van der Waals surface area contributed by atoms with Gasteiger partial charge in [-0.1, -0.05) is 11.6 Å². The molecule has 2 rings (SSSR count). The van der Waals surface area contributed by atoms with E-state index in [1.807, 2.05) is 0 Å². The summed E-state index contributed by atoms with van der Waals surface area (Å²) in [6, 6.07) is 3.16. The number of hydrogen-bond acceptors (Lipinski definition) is 2. The average Bonchev–Trinajstić information content (AvgIpc) is 2.65. The van der Waals surface area contributed by atoms with Gasteiger partial charge in [-0.2, -0.15) is 0 Å². The molecule has 2 nitrogen and oxygen atoms in total. The molecule has 1 heterocycles. The van der Waals surface area contributed by atoms with Gasteiger partial charge in [0.15, 0.2) is 6.29 Å². The quantitative estimate of drug-likeness (QED) is 0.736. The second kappa shape index (κ2) is 4.14. The highest BCUT2D eigenvalue weighted by atomic mass is 79.9. The molecule has 1 fully saturated rings. The molecule has 0 unspecified atom stereocenters. The molecule has 0 spiro atoms. The Morgan fingerprint density at radius 2 is 2.00 bits per heavy atom. The molecule has 0 bridgehead atoms. The summed E-state index contributed by atoms with van der Waals surface area (Å²) in [5.74, 6) is -0.426. The minimum atomic E-state index is -0.681. The highest BCUT2D eigenvalue weighted by molar-refractivity contribution is 9.10. The Morgan fingerprint density at radius 1 is 1.36 bits per heavy atom. The van der Waals surface area contributed by atoms with E-state index < -0.39 is 12.1 Å². The van der Waals surface area contributed by atoms with E-state index in [9.17, 15) is 4.39 Å². The molecule has 0 aromatic heterocycles. The largest absolute Gasteiger partial charge is 0.346 e. The van der Waals surface area contributed by atoms with Crippen molar-refractivity contribution in [1.29, 1.82) is 0 Å². The molecule has 0 aliphatic carbocycles. The van der Waals surface area contributed by atoms with Gasteiger partial charge in [0.2, 0.25) is 0 Å². The van der Waals surface area contributed by atoms with E-state index in [0.717, 1.165) is 0 Å². The summed E-state index contributed by atoms with van der Waals surface area (Å²) in [4.78, 5) is 0. The van der Waals surface area contributed by atoms with Gasteiger partial charge >= 0.3 is 0 Å². The molecular weight excluding hydrogens is 274 g/mol. The third-order valence-corrected chi connectivity index (χ3v) is 2.88. The van der Waals surface area contributed by atoms with E-state index in [0.29, 0.717) is 22.7 Å². The standard InChI is InChI=1S/C9H7BrClFO2/c10-5-1-2-6(11)7(8(5)12)9-13-3-4-14-9/h1-2,9H,3-4H2. The summed E-state index contributed by atoms with van der Waals surface area (Å²) in [5, 5.41) is 0.317. The predicted molar refractivity (Wildman–Crippen MR) is 53.8 cm³/mol. The zero-order valence-corrected chi connectivity index (χ0v) is 9.44. The predicted octanol–water partition coefficient (Wildman–Crippen LogP) is 3.29. The Labute approximate surface area is 94.1 Å².